The van der Waals surface area contributed by atoms with Crippen molar-refractivity contribution in [3.8, 4) is 0 Å². The summed E-state index contributed by atoms with van der Waals surface area (Å²) < 4.78 is 4.62. The molecule has 0 radical (unpaired) electrons. The van der Waals surface area contributed by atoms with Crippen LogP contribution >= 0.6 is 11.6 Å². The number of esters is 1. The van der Waals surface area contributed by atoms with Gasteiger partial charge in [0.2, 0.25) is 11.8 Å². The number of amides is 2. The van der Waals surface area contributed by atoms with Gasteiger partial charge in [-0.15, -0.1) is 0 Å². The number of anilines is 1. The Balaban J connectivity index is 2.99. The molecule has 1 atom stereocenters. The molecule has 22 heavy (non-hydrogen) atoms. The minimum atomic E-state index is -0.699. The topological polar surface area (TPSA) is 84.5 Å². The Morgan fingerprint density at radius 2 is 1.86 bits per heavy atom. The maximum Gasteiger partial charge on any atom is 0.337 e. The Kier molecular flexibility index (Phi) is 6.37. The van der Waals surface area contributed by atoms with E-state index >= 15 is 0 Å². The third-order valence-corrected chi connectivity index (χ3v) is 3.28. The maximum atomic E-state index is 12.3. The standard InChI is InChI=1S/C15H19ClN2O4/c1-8(2)13(17-9(3)19)14(20)18-12-7-10(15(21)22-4)5-6-11(12)16/h5-8,13H,1-4H3,(H,17,19)(H,18,20)/t13-/m0/s1. The van der Waals surface area contributed by atoms with Crippen molar-refractivity contribution in [1.82, 2.24) is 5.32 Å². The minimum absolute atomic E-state index is 0.105. The molecule has 0 fully saturated rings. The highest BCUT2D eigenvalue weighted by Crippen LogP contribution is 2.24. The smallest absolute Gasteiger partial charge is 0.337 e. The lowest BCUT2D eigenvalue weighted by atomic mass is 10.0. The summed E-state index contributed by atoms with van der Waals surface area (Å²) in [6, 6.07) is 3.72. The molecule has 120 valence electrons. The SMILES string of the molecule is COC(=O)c1ccc(Cl)c(NC(=O)[C@@H](NC(C)=O)C(C)C)c1. The summed E-state index contributed by atoms with van der Waals surface area (Å²) in [4.78, 5) is 35.0. The Bertz CT molecular complexity index is 587. The van der Waals surface area contributed by atoms with Crippen LogP contribution in [0.3, 0.4) is 0 Å². The summed E-state index contributed by atoms with van der Waals surface area (Å²) in [5, 5.41) is 5.49. The van der Waals surface area contributed by atoms with Gasteiger partial charge < -0.3 is 15.4 Å². The van der Waals surface area contributed by atoms with Crippen molar-refractivity contribution in [1.29, 1.82) is 0 Å². The Morgan fingerprint density at radius 1 is 1.23 bits per heavy atom. The molecule has 0 bridgehead atoms. The summed E-state index contributed by atoms with van der Waals surface area (Å²) in [6.07, 6.45) is 0. The lowest BCUT2D eigenvalue weighted by Gasteiger charge is -2.21. The zero-order chi connectivity index (χ0) is 16.9. The number of methoxy groups -OCH3 is 1. The number of nitrogens with one attached hydrogen (secondary N) is 2. The number of benzene rings is 1. The third kappa shape index (κ3) is 4.73. The van der Waals surface area contributed by atoms with Crippen LogP contribution in [0.2, 0.25) is 5.02 Å². The van der Waals surface area contributed by atoms with Gasteiger partial charge in [-0.2, -0.15) is 0 Å². The fourth-order valence-electron chi connectivity index (χ4n) is 1.83. The molecule has 0 unspecified atom stereocenters. The summed E-state index contributed by atoms with van der Waals surface area (Å²) in [5.41, 5.74) is 0.549. The van der Waals surface area contributed by atoms with Gasteiger partial charge in [0.25, 0.3) is 0 Å². The van der Waals surface area contributed by atoms with E-state index in [1.54, 1.807) is 0 Å². The maximum absolute atomic E-state index is 12.3. The van der Waals surface area contributed by atoms with E-state index in [9.17, 15) is 14.4 Å². The summed E-state index contributed by atoms with van der Waals surface area (Å²) in [7, 11) is 1.26. The average Bonchev–Trinajstić information content (AvgIpc) is 2.45. The van der Waals surface area contributed by atoms with E-state index in [0.717, 1.165) is 0 Å². The van der Waals surface area contributed by atoms with Crippen LogP contribution in [0.1, 0.15) is 31.1 Å². The number of hydrogen-bond donors (Lipinski definition) is 2. The van der Waals surface area contributed by atoms with E-state index in [0.29, 0.717) is 0 Å². The molecule has 1 aromatic carbocycles. The van der Waals surface area contributed by atoms with Crippen LogP contribution in [0, 0.1) is 5.92 Å². The van der Waals surface area contributed by atoms with E-state index in [1.807, 2.05) is 13.8 Å². The lowest BCUT2D eigenvalue weighted by molar-refractivity contribution is -0.126. The van der Waals surface area contributed by atoms with Crippen LogP contribution in [-0.2, 0) is 14.3 Å². The molecule has 6 nitrogen and oxygen atoms in total. The lowest BCUT2D eigenvalue weighted by Crippen LogP contribution is -2.46. The monoisotopic (exact) mass is 326 g/mol. The highest BCUT2D eigenvalue weighted by molar-refractivity contribution is 6.34. The van der Waals surface area contributed by atoms with Gasteiger partial charge in [-0.3, -0.25) is 9.59 Å². The van der Waals surface area contributed by atoms with Crippen LogP contribution < -0.4 is 10.6 Å². The Hall–Kier alpha value is -2.08. The minimum Gasteiger partial charge on any atom is -0.465 e. The first-order chi connectivity index (χ1) is 10.3. The van der Waals surface area contributed by atoms with Crippen molar-refractivity contribution in [2.24, 2.45) is 5.92 Å². The number of ether oxygens (including phenoxy) is 1. The first kappa shape index (κ1) is 18.0. The quantitative estimate of drug-likeness (QED) is 0.813. The molecule has 0 heterocycles. The van der Waals surface area contributed by atoms with Gasteiger partial charge >= 0.3 is 5.97 Å². The van der Waals surface area contributed by atoms with E-state index in [1.165, 1.54) is 32.2 Å². The third-order valence-electron chi connectivity index (χ3n) is 2.95. The van der Waals surface area contributed by atoms with Gasteiger partial charge in [0, 0.05) is 6.92 Å². The van der Waals surface area contributed by atoms with Crippen molar-refractivity contribution < 1.29 is 19.1 Å². The van der Waals surface area contributed by atoms with Gasteiger partial charge in [0.15, 0.2) is 0 Å². The fraction of sp³-hybridized carbons (Fsp3) is 0.400. The summed E-state index contributed by atoms with van der Waals surface area (Å²) in [5.74, 6) is -1.35. The first-order valence-corrected chi connectivity index (χ1v) is 7.10. The van der Waals surface area contributed by atoms with Gasteiger partial charge in [-0.05, 0) is 24.1 Å². The van der Waals surface area contributed by atoms with Gasteiger partial charge in [-0.1, -0.05) is 25.4 Å². The molecule has 0 aliphatic rings. The van der Waals surface area contributed by atoms with Gasteiger partial charge in [-0.25, -0.2) is 4.79 Å². The normalized spacial score (nSPS) is 11.7. The van der Waals surface area contributed by atoms with Gasteiger partial charge in [0.1, 0.15) is 6.04 Å². The molecule has 1 aromatic rings. The highest BCUT2D eigenvalue weighted by Gasteiger charge is 2.24. The van der Waals surface area contributed by atoms with Crippen LogP contribution in [0.25, 0.3) is 0 Å². The molecule has 1 rings (SSSR count). The van der Waals surface area contributed by atoms with Crippen molar-refractivity contribution in [3.63, 3.8) is 0 Å². The molecule has 0 aliphatic carbocycles. The molecule has 2 amide bonds. The highest BCUT2D eigenvalue weighted by atomic mass is 35.5. The molecule has 0 saturated heterocycles. The predicted octanol–water partition coefficient (Wildman–Crippen LogP) is 2.23. The molecule has 7 heteroatoms. The zero-order valence-electron chi connectivity index (χ0n) is 12.9. The zero-order valence-corrected chi connectivity index (χ0v) is 13.7. The molecule has 2 N–H and O–H groups in total. The summed E-state index contributed by atoms with van der Waals surface area (Å²) in [6.45, 7) is 4.97. The molecule has 0 aromatic heterocycles. The Labute approximate surface area is 134 Å². The number of carbonyl (C=O) groups excluding carboxylic acids is 3. The number of hydrogen-bond acceptors (Lipinski definition) is 4. The first-order valence-electron chi connectivity index (χ1n) is 6.72. The molecular formula is C15H19ClN2O4. The van der Waals surface area contributed by atoms with Crippen molar-refractivity contribution in [2.75, 3.05) is 12.4 Å². The van der Waals surface area contributed by atoms with Crippen molar-refractivity contribution >= 4 is 35.1 Å². The second kappa shape index (κ2) is 7.79. The molecule has 0 spiro atoms. The number of halogens is 1. The van der Waals surface area contributed by atoms with E-state index in [2.05, 4.69) is 15.4 Å². The van der Waals surface area contributed by atoms with Crippen LogP contribution in [0.4, 0.5) is 5.69 Å². The van der Waals surface area contributed by atoms with Crippen LogP contribution in [-0.4, -0.2) is 30.9 Å². The largest absolute Gasteiger partial charge is 0.465 e. The van der Waals surface area contributed by atoms with Crippen LogP contribution in [0.15, 0.2) is 18.2 Å². The second-order valence-corrected chi connectivity index (χ2v) is 5.50. The van der Waals surface area contributed by atoms with Crippen LogP contribution in [0.5, 0.6) is 0 Å². The second-order valence-electron chi connectivity index (χ2n) is 5.10. The molecule has 0 saturated carbocycles. The van der Waals surface area contributed by atoms with E-state index in [4.69, 9.17) is 11.6 Å². The summed E-state index contributed by atoms with van der Waals surface area (Å²) >= 11 is 6.02. The van der Waals surface area contributed by atoms with Gasteiger partial charge in [0.05, 0.1) is 23.4 Å². The number of rotatable bonds is 5. The predicted molar refractivity (Wildman–Crippen MR) is 83.9 cm³/mol. The van der Waals surface area contributed by atoms with E-state index in [-0.39, 0.29) is 28.1 Å². The van der Waals surface area contributed by atoms with Crippen molar-refractivity contribution in [3.05, 3.63) is 28.8 Å². The average molecular weight is 327 g/mol. The molecule has 0 aliphatic heterocycles. The number of carbonyl (C=O) groups is 3. The van der Waals surface area contributed by atoms with Crippen molar-refractivity contribution in [2.45, 2.75) is 26.8 Å². The Morgan fingerprint density at radius 3 is 2.36 bits per heavy atom. The fourth-order valence-corrected chi connectivity index (χ4v) is 2.00. The van der Waals surface area contributed by atoms with E-state index < -0.39 is 17.9 Å². The molecular weight excluding hydrogens is 308 g/mol.